The number of pyridine rings is 1. The van der Waals surface area contributed by atoms with Gasteiger partial charge in [-0.3, -0.25) is 14.6 Å². The fourth-order valence-corrected chi connectivity index (χ4v) is 4.31. The van der Waals surface area contributed by atoms with E-state index in [4.69, 9.17) is 0 Å². The van der Waals surface area contributed by atoms with E-state index in [1.807, 2.05) is 40.1 Å². The molecule has 2 atom stereocenters. The summed E-state index contributed by atoms with van der Waals surface area (Å²) in [6, 6.07) is 11.9. The molecule has 2 aliphatic heterocycles. The second-order valence-corrected chi connectivity index (χ2v) is 8.00. The molecule has 6 heteroatoms. The summed E-state index contributed by atoms with van der Waals surface area (Å²) in [5.74, 6) is 0.794. The maximum Gasteiger partial charge on any atom is 0.255 e. The maximum absolute atomic E-state index is 12.8. The number of hydrogen-bond donors (Lipinski definition) is 0. The molecule has 0 unspecified atom stereocenters. The summed E-state index contributed by atoms with van der Waals surface area (Å²) in [6.07, 6.45) is 3.79. The van der Waals surface area contributed by atoms with Crippen molar-refractivity contribution in [2.24, 2.45) is 11.8 Å². The molecule has 1 aromatic heterocycles. The van der Waals surface area contributed by atoms with Gasteiger partial charge in [0.2, 0.25) is 5.91 Å². The van der Waals surface area contributed by atoms with E-state index in [1.54, 1.807) is 18.5 Å². The summed E-state index contributed by atoms with van der Waals surface area (Å²) < 4.78 is 0.796. The molecular formula is C20H20BrN3O2. The summed E-state index contributed by atoms with van der Waals surface area (Å²) in [5.41, 5.74) is 1.73. The fourth-order valence-electron chi connectivity index (χ4n) is 3.95. The predicted octanol–water partition coefficient (Wildman–Crippen LogP) is 2.96. The van der Waals surface area contributed by atoms with Crippen molar-refractivity contribution in [3.63, 3.8) is 0 Å². The van der Waals surface area contributed by atoms with Crippen LogP contribution in [-0.2, 0) is 11.3 Å². The van der Waals surface area contributed by atoms with Gasteiger partial charge in [0.25, 0.3) is 5.91 Å². The van der Waals surface area contributed by atoms with Gasteiger partial charge >= 0.3 is 0 Å². The molecule has 0 N–H and O–H groups in total. The van der Waals surface area contributed by atoms with Gasteiger partial charge in [0.05, 0.1) is 5.56 Å². The zero-order valence-electron chi connectivity index (χ0n) is 14.3. The second kappa shape index (κ2) is 7.19. The molecule has 2 amide bonds. The number of likely N-dealkylation sites (tertiary alicyclic amines) is 2. The minimum absolute atomic E-state index is 0.00439. The van der Waals surface area contributed by atoms with Crippen molar-refractivity contribution in [2.75, 3.05) is 19.6 Å². The van der Waals surface area contributed by atoms with Gasteiger partial charge in [-0.05, 0) is 39.4 Å². The second-order valence-electron chi connectivity index (χ2n) is 7.09. The number of aromatic nitrogens is 1. The van der Waals surface area contributed by atoms with Gasteiger partial charge in [-0.2, -0.15) is 0 Å². The van der Waals surface area contributed by atoms with Crippen LogP contribution in [0.25, 0.3) is 0 Å². The van der Waals surface area contributed by atoms with Gasteiger partial charge in [0.15, 0.2) is 0 Å². The van der Waals surface area contributed by atoms with Gasteiger partial charge < -0.3 is 9.80 Å². The lowest BCUT2D eigenvalue weighted by molar-refractivity contribution is -0.136. The number of hydrogen-bond acceptors (Lipinski definition) is 3. The molecule has 4 rings (SSSR count). The molecule has 0 aliphatic carbocycles. The molecular weight excluding hydrogens is 394 g/mol. The monoisotopic (exact) mass is 413 g/mol. The fraction of sp³-hybridized carbons (Fsp3) is 0.350. The topological polar surface area (TPSA) is 53.5 Å². The Morgan fingerprint density at radius 1 is 1.12 bits per heavy atom. The van der Waals surface area contributed by atoms with Crippen molar-refractivity contribution >= 4 is 27.7 Å². The van der Waals surface area contributed by atoms with Crippen molar-refractivity contribution in [1.82, 2.24) is 14.8 Å². The molecule has 0 spiro atoms. The summed E-state index contributed by atoms with van der Waals surface area (Å²) in [6.45, 7) is 2.72. The molecule has 0 saturated carbocycles. The first-order valence-electron chi connectivity index (χ1n) is 8.81. The number of halogens is 1. The Bertz CT molecular complexity index is 827. The van der Waals surface area contributed by atoms with E-state index in [2.05, 4.69) is 20.9 Å². The summed E-state index contributed by atoms with van der Waals surface area (Å²) in [7, 11) is 0. The van der Waals surface area contributed by atoms with Crippen LogP contribution in [0.15, 0.2) is 53.3 Å². The number of benzene rings is 1. The van der Waals surface area contributed by atoms with E-state index in [1.165, 1.54) is 0 Å². The molecule has 2 aromatic rings. The SMILES string of the molecule is O=C1C[C@H]2CN(C(=O)c3cncc(Br)c3)C[C@H]2CN1Cc1ccccc1. The van der Waals surface area contributed by atoms with Crippen LogP contribution in [0.3, 0.4) is 0 Å². The van der Waals surface area contributed by atoms with Gasteiger partial charge in [0, 0.05) is 49.5 Å². The standard InChI is InChI=1S/C20H20BrN3O2/c21-18-6-15(8-22-9-18)20(26)24-11-16-7-19(25)23(12-17(16)13-24)10-14-4-2-1-3-5-14/h1-6,8-9,16-17H,7,10-13H2/t16-,17+/m0/s1. The molecule has 0 radical (unpaired) electrons. The van der Waals surface area contributed by atoms with Gasteiger partial charge in [-0.15, -0.1) is 0 Å². The van der Waals surface area contributed by atoms with Crippen molar-refractivity contribution in [3.05, 3.63) is 64.4 Å². The number of amides is 2. The number of carbonyl (C=O) groups excluding carboxylic acids is 2. The lowest BCUT2D eigenvalue weighted by atomic mass is 9.88. The zero-order chi connectivity index (χ0) is 18.1. The van der Waals surface area contributed by atoms with Crippen molar-refractivity contribution in [3.8, 4) is 0 Å². The van der Waals surface area contributed by atoms with E-state index < -0.39 is 0 Å². The van der Waals surface area contributed by atoms with Crippen molar-refractivity contribution in [2.45, 2.75) is 13.0 Å². The Morgan fingerprint density at radius 3 is 2.65 bits per heavy atom. The molecule has 2 fully saturated rings. The maximum atomic E-state index is 12.8. The average Bonchev–Trinajstić information content (AvgIpc) is 3.05. The Kier molecular flexibility index (Phi) is 4.76. The van der Waals surface area contributed by atoms with Crippen LogP contribution in [0.2, 0.25) is 0 Å². The Hall–Kier alpha value is -2.21. The van der Waals surface area contributed by atoms with Crippen molar-refractivity contribution < 1.29 is 9.59 Å². The van der Waals surface area contributed by atoms with Crippen LogP contribution in [0.5, 0.6) is 0 Å². The largest absolute Gasteiger partial charge is 0.338 e. The number of carbonyl (C=O) groups is 2. The number of nitrogens with zero attached hydrogens (tertiary/aromatic N) is 3. The average molecular weight is 414 g/mol. The number of piperidine rings is 1. The third kappa shape index (κ3) is 3.51. The normalized spacial score (nSPS) is 22.4. The van der Waals surface area contributed by atoms with Crippen molar-refractivity contribution in [1.29, 1.82) is 0 Å². The quantitative estimate of drug-likeness (QED) is 0.776. The van der Waals surface area contributed by atoms with Crippen LogP contribution in [0.1, 0.15) is 22.3 Å². The summed E-state index contributed by atoms with van der Waals surface area (Å²) >= 11 is 3.36. The highest BCUT2D eigenvalue weighted by Gasteiger charge is 2.42. The lowest BCUT2D eigenvalue weighted by Gasteiger charge is -2.34. The highest BCUT2D eigenvalue weighted by Crippen LogP contribution is 2.33. The van der Waals surface area contributed by atoms with Crippen LogP contribution in [0.4, 0.5) is 0 Å². The van der Waals surface area contributed by atoms with E-state index in [0.717, 1.165) is 16.6 Å². The molecule has 134 valence electrons. The minimum Gasteiger partial charge on any atom is -0.338 e. The van der Waals surface area contributed by atoms with Gasteiger partial charge in [-0.1, -0.05) is 30.3 Å². The highest BCUT2D eigenvalue weighted by atomic mass is 79.9. The van der Waals surface area contributed by atoms with Crippen LogP contribution in [-0.4, -0.2) is 46.2 Å². The first kappa shape index (κ1) is 17.2. The lowest BCUT2D eigenvalue weighted by Crippen LogP contribution is -2.43. The molecule has 26 heavy (non-hydrogen) atoms. The van der Waals surface area contributed by atoms with Crippen LogP contribution < -0.4 is 0 Å². The first-order valence-corrected chi connectivity index (χ1v) is 9.61. The zero-order valence-corrected chi connectivity index (χ0v) is 15.9. The molecule has 0 bridgehead atoms. The summed E-state index contributed by atoms with van der Waals surface area (Å²) in [4.78, 5) is 33.2. The molecule has 2 aliphatic rings. The number of rotatable bonds is 3. The van der Waals surface area contributed by atoms with E-state index in [-0.39, 0.29) is 17.7 Å². The number of fused-ring (bicyclic) bond motifs is 1. The Morgan fingerprint density at radius 2 is 1.88 bits per heavy atom. The molecule has 2 saturated heterocycles. The summed E-state index contributed by atoms with van der Waals surface area (Å²) in [5, 5.41) is 0. The Balaban J connectivity index is 1.44. The third-order valence-corrected chi connectivity index (χ3v) is 5.71. The third-order valence-electron chi connectivity index (χ3n) is 5.28. The predicted molar refractivity (Wildman–Crippen MR) is 101 cm³/mol. The molecule has 5 nitrogen and oxygen atoms in total. The Labute approximate surface area is 161 Å². The first-order chi connectivity index (χ1) is 12.6. The van der Waals surface area contributed by atoms with Gasteiger partial charge in [0.1, 0.15) is 0 Å². The van der Waals surface area contributed by atoms with Crippen LogP contribution in [0, 0.1) is 11.8 Å². The van der Waals surface area contributed by atoms with E-state index in [0.29, 0.717) is 37.5 Å². The van der Waals surface area contributed by atoms with Gasteiger partial charge in [-0.25, -0.2) is 0 Å². The van der Waals surface area contributed by atoms with E-state index >= 15 is 0 Å². The highest BCUT2D eigenvalue weighted by molar-refractivity contribution is 9.10. The molecule has 3 heterocycles. The molecule has 1 aromatic carbocycles. The van der Waals surface area contributed by atoms with E-state index in [9.17, 15) is 9.59 Å². The smallest absolute Gasteiger partial charge is 0.255 e. The minimum atomic E-state index is -0.00439. The van der Waals surface area contributed by atoms with Crippen LogP contribution >= 0.6 is 15.9 Å².